The third-order valence-electron chi connectivity index (χ3n) is 3.42. The van der Waals surface area contributed by atoms with Gasteiger partial charge in [-0.25, -0.2) is 4.79 Å². The SMILES string of the molecule is NC1(CNC(=O)Nc2ccc(C(F)(F)F)cc2)CCC1. The first-order valence-electron chi connectivity index (χ1n) is 6.30. The predicted molar refractivity (Wildman–Crippen MR) is 69.2 cm³/mol. The molecule has 0 saturated heterocycles. The van der Waals surface area contributed by atoms with Crippen molar-refractivity contribution < 1.29 is 18.0 Å². The summed E-state index contributed by atoms with van der Waals surface area (Å²) in [6, 6.07) is 3.80. The minimum absolute atomic E-state index is 0.301. The highest BCUT2D eigenvalue weighted by molar-refractivity contribution is 5.89. The summed E-state index contributed by atoms with van der Waals surface area (Å²) in [6.45, 7) is 0.361. The molecule has 1 aliphatic carbocycles. The summed E-state index contributed by atoms with van der Waals surface area (Å²) in [4.78, 5) is 11.6. The molecule has 0 spiro atoms. The molecule has 2 rings (SSSR count). The number of hydrogen-bond acceptors (Lipinski definition) is 2. The van der Waals surface area contributed by atoms with E-state index in [1.54, 1.807) is 0 Å². The van der Waals surface area contributed by atoms with Crippen molar-refractivity contribution in [3.05, 3.63) is 29.8 Å². The first-order chi connectivity index (χ1) is 9.28. The maximum absolute atomic E-state index is 12.4. The first-order valence-corrected chi connectivity index (χ1v) is 6.30. The highest BCUT2D eigenvalue weighted by atomic mass is 19.4. The molecule has 0 heterocycles. The molecular weight excluding hydrogens is 271 g/mol. The van der Waals surface area contributed by atoms with Gasteiger partial charge in [0.05, 0.1) is 5.56 Å². The molecule has 0 aliphatic heterocycles. The smallest absolute Gasteiger partial charge is 0.336 e. The molecule has 1 aromatic rings. The van der Waals surface area contributed by atoms with E-state index in [4.69, 9.17) is 5.73 Å². The van der Waals surface area contributed by atoms with E-state index >= 15 is 0 Å². The molecule has 110 valence electrons. The first kappa shape index (κ1) is 14.6. The van der Waals surface area contributed by atoms with Gasteiger partial charge in [0.2, 0.25) is 0 Å². The van der Waals surface area contributed by atoms with Crippen LogP contribution in [-0.4, -0.2) is 18.1 Å². The second-order valence-electron chi connectivity index (χ2n) is 5.10. The Morgan fingerprint density at radius 2 is 1.85 bits per heavy atom. The van der Waals surface area contributed by atoms with Gasteiger partial charge in [0.15, 0.2) is 0 Å². The number of rotatable bonds is 3. The number of anilines is 1. The quantitative estimate of drug-likeness (QED) is 0.800. The van der Waals surface area contributed by atoms with Crippen molar-refractivity contribution in [1.29, 1.82) is 0 Å². The molecule has 0 bridgehead atoms. The van der Waals surface area contributed by atoms with E-state index in [2.05, 4.69) is 10.6 Å². The number of benzene rings is 1. The zero-order valence-corrected chi connectivity index (χ0v) is 10.8. The molecule has 0 radical (unpaired) electrons. The van der Waals surface area contributed by atoms with Gasteiger partial charge in [-0.2, -0.15) is 13.2 Å². The number of nitrogens with two attached hydrogens (primary N) is 1. The average Bonchev–Trinajstić information content (AvgIpc) is 2.33. The van der Waals surface area contributed by atoms with E-state index in [0.717, 1.165) is 31.4 Å². The summed E-state index contributed by atoms with van der Waals surface area (Å²) >= 11 is 0. The van der Waals surface area contributed by atoms with Crippen molar-refractivity contribution in [2.24, 2.45) is 5.73 Å². The highest BCUT2D eigenvalue weighted by Crippen LogP contribution is 2.30. The Kier molecular flexibility index (Phi) is 3.89. The molecular formula is C13H16F3N3O. The number of carbonyl (C=O) groups excluding carboxylic acids is 1. The Labute approximate surface area is 114 Å². The lowest BCUT2D eigenvalue weighted by Gasteiger charge is -2.38. The number of hydrogen-bond donors (Lipinski definition) is 3. The number of carbonyl (C=O) groups is 1. The van der Waals surface area contributed by atoms with Gasteiger partial charge in [-0.1, -0.05) is 0 Å². The van der Waals surface area contributed by atoms with Crippen LogP contribution in [0.5, 0.6) is 0 Å². The molecule has 2 amide bonds. The van der Waals surface area contributed by atoms with Crippen LogP contribution in [-0.2, 0) is 6.18 Å². The third kappa shape index (κ3) is 3.63. The summed E-state index contributed by atoms with van der Waals surface area (Å²) in [7, 11) is 0. The minimum atomic E-state index is -4.38. The van der Waals surface area contributed by atoms with Gasteiger partial charge in [0.1, 0.15) is 0 Å². The Bertz CT molecular complexity index is 481. The fourth-order valence-electron chi connectivity index (χ4n) is 1.98. The van der Waals surface area contributed by atoms with Gasteiger partial charge < -0.3 is 16.4 Å². The van der Waals surface area contributed by atoms with E-state index in [1.165, 1.54) is 12.1 Å². The summed E-state index contributed by atoms with van der Waals surface area (Å²) < 4.78 is 37.1. The summed E-state index contributed by atoms with van der Waals surface area (Å²) in [5.74, 6) is 0. The summed E-state index contributed by atoms with van der Waals surface area (Å²) in [5, 5.41) is 5.09. The Hall–Kier alpha value is -1.76. The second kappa shape index (κ2) is 5.32. The van der Waals surface area contributed by atoms with Crippen molar-refractivity contribution in [3.8, 4) is 0 Å². The number of halogens is 3. The lowest BCUT2D eigenvalue weighted by molar-refractivity contribution is -0.137. The molecule has 4 N–H and O–H groups in total. The van der Waals surface area contributed by atoms with Crippen LogP contribution in [0.3, 0.4) is 0 Å². The average molecular weight is 287 g/mol. The normalized spacial score (nSPS) is 17.2. The van der Waals surface area contributed by atoms with E-state index in [0.29, 0.717) is 12.2 Å². The van der Waals surface area contributed by atoms with Crippen LogP contribution in [0.2, 0.25) is 0 Å². The fourth-order valence-corrected chi connectivity index (χ4v) is 1.98. The highest BCUT2D eigenvalue weighted by Gasteiger charge is 2.32. The minimum Gasteiger partial charge on any atom is -0.336 e. The molecule has 0 aromatic heterocycles. The van der Waals surface area contributed by atoms with Gasteiger partial charge in [-0.05, 0) is 43.5 Å². The van der Waals surface area contributed by atoms with Gasteiger partial charge in [-0.3, -0.25) is 0 Å². The van der Waals surface area contributed by atoms with Gasteiger partial charge in [-0.15, -0.1) is 0 Å². The van der Waals surface area contributed by atoms with Crippen LogP contribution >= 0.6 is 0 Å². The van der Waals surface area contributed by atoms with E-state index in [9.17, 15) is 18.0 Å². The van der Waals surface area contributed by atoms with Gasteiger partial charge >= 0.3 is 12.2 Å². The zero-order chi connectivity index (χ0) is 14.8. The third-order valence-corrected chi connectivity index (χ3v) is 3.42. The van der Waals surface area contributed by atoms with E-state index in [-0.39, 0.29) is 5.54 Å². The Morgan fingerprint density at radius 3 is 2.30 bits per heavy atom. The van der Waals surface area contributed by atoms with E-state index in [1.807, 2.05) is 0 Å². The van der Waals surface area contributed by atoms with Crippen molar-refractivity contribution in [1.82, 2.24) is 5.32 Å². The zero-order valence-electron chi connectivity index (χ0n) is 10.8. The number of urea groups is 1. The van der Waals surface area contributed by atoms with E-state index < -0.39 is 17.8 Å². The van der Waals surface area contributed by atoms with Crippen molar-refractivity contribution in [2.75, 3.05) is 11.9 Å². The number of amides is 2. The summed E-state index contributed by atoms with van der Waals surface area (Å²) in [6.07, 6.45) is -1.59. The monoisotopic (exact) mass is 287 g/mol. The number of alkyl halides is 3. The Morgan fingerprint density at radius 1 is 1.25 bits per heavy atom. The molecule has 0 atom stereocenters. The molecule has 1 aromatic carbocycles. The predicted octanol–water partition coefficient (Wildman–Crippen LogP) is 2.71. The van der Waals surface area contributed by atoms with Gasteiger partial charge in [0, 0.05) is 17.8 Å². The van der Waals surface area contributed by atoms with Crippen molar-refractivity contribution in [2.45, 2.75) is 31.0 Å². The molecule has 1 aliphatic rings. The summed E-state index contributed by atoms with van der Waals surface area (Å²) in [5.41, 5.74) is 5.16. The lowest BCUT2D eigenvalue weighted by Crippen LogP contribution is -2.55. The molecule has 7 heteroatoms. The molecule has 20 heavy (non-hydrogen) atoms. The van der Waals surface area contributed by atoms with Crippen LogP contribution in [0.15, 0.2) is 24.3 Å². The number of nitrogens with one attached hydrogen (secondary N) is 2. The molecule has 0 unspecified atom stereocenters. The lowest BCUT2D eigenvalue weighted by atomic mass is 9.78. The van der Waals surface area contributed by atoms with Crippen molar-refractivity contribution in [3.63, 3.8) is 0 Å². The van der Waals surface area contributed by atoms with Gasteiger partial charge in [0.25, 0.3) is 0 Å². The van der Waals surface area contributed by atoms with Crippen LogP contribution < -0.4 is 16.4 Å². The Balaban J connectivity index is 1.85. The van der Waals surface area contributed by atoms with Crippen LogP contribution in [0.4, 0.5) is 23.7 Å². The maximum Gasteiger partial charge on any atom is 0.416 e. The van der Waals surface area contributed by atoms with Crippen LogP contribution in [0.25, 0.3) is 0 Å². The second-order valence-corrected chi connectivity index (χ2v) is 5.10. The molecule has 1 saturated carbocycles. The topological polar surface area (TPSA) is 67.1 Å². The van der Waals surface area contributed by atoms with Crippen molar-refractivity contribution >= 4 is 11.7 Å². The fraction of sp³-hybridized carbons (Fsp3) is 0.462. The maximum atomic E-state index is 12.4. The van der Waals surface area contributed by atoms with Crippen LogP contribution in [0.1, 0.15) is 24.8 Å². The molecule has 4 nitrogen and oxygen atoms in total. The largest absolute Gasteiger partial charge is 0.416 e. The standard InChI is InChI=1S/C13H16F3N3O/c14-13(15,16)9-2-4-10(5-3-9)19-11(20)18-8-12(17)6-1-7-12/h2-5H,1,6-8,17H2,(H2,18,19,20). The molecule has 1 fully saturated rings. The van der Waals surface area contributed by atoms with Crippen LogP contribution in [0, 0.1) is 0 Å².